The van der Waals surface area contributed by atoms with E-state index < -0.39 is 5.38 Å². The van der Waals surface area contributed by atoms with Crippen molar-refractivity contribution in [1.29, 1.82) is 0 Å². The third-order valence-corrected chi connectivity index (χ3v) is 5.79. The molecular formula is C27H27ClN4O3. The second-order valence-corrected chi connectivity index (χ2v) is 8.24. The van der Waals surface area contributed by atoms with E-state index in [2.05, 4.69) is 15.4 Å². The van der Waals surface area contributed by atoms with E-state index >= 15 is 0 Å². The highest BCUT2D eigenvalue weighted by Gasteiger charge is 2.19. The normalized spacial score (nSPS) is 11.7. The second kappa shape index (κ2) is 11.6. The SMILES string of the molecule is CCOCCOc1nc(-c2ccccc2C)n(-c2ccc(NC(=O)C(Cl)c3ccccc3)cc2)n1. The van der Waals surface area contributed by atoms with Gasteiger partial charge in [-0.25, -0.2) is 4.68 Å². The molecule has 0 radical (unpaired) electrons. The lowest BCUT2D eigenvalue weighted by Gasteiger charge is -2.12. The van der Waals surface area contributed by atoms with E-state index in [1.165, 1.54) is 0 Å². The van der Waals surface area contributed by atoms with Gasteiger partial charge < -0.3 is 14.8 Å². The Kier molecular flexibility index (Phi) is 8.13. The number of anilines is 1. The number of carbonyl (C=O) groups excluding carboxylic acids is 1. The largest absolute Gasteiger partial charge is 0.460 e. The van der Waals surface area contributed by atoms with Crippen molar-refractivity contribution < 1.29 is 14.3 Å². The molecule has 8 heteroatoms. The number of nitrogens with zero attached hydrogens (tertiary/aromatic N) is 3. The number of carbonyl (C=O) groups is 1. The Morgan fingerprint density at radius 2 is 1.71 bits per heavy atom. The average Bonchev–Trinajstić information content (AvgIpc) is 3.31. The maximum atomic E-state index is 12.6. The van der Waals surface area contributed by atoms with Crippen LogP contribution in [0.1, 0.15) is 23.4 Å². The number of hydrogen-bond acceptors (Lipinski definition) is 5. The summed E-state index contributed by atoms with van der Waals surface area (Å²) < 4.78 is 12.8. The lowest BCUT2D eigenvalue weighted by atomic mass is 10.1. The van der Waals surface area contributed by atoms with Crippen molar-refractivity contribution in [2.45, 2.75) is 19.2 Å². The van der Waals surface area contributed by atoms with Gasteiger partial charge in [0.1, 0.15) is 12.0 Å². The van der Waals surface area contributed by atoms with Crippen molar-refractivity contribution in [3.63, 3.8) is 0 Å². The second-order valence-electron chi connectivity index (χ2n) is 7.80. The van der Waals surface area contributed by atoms with E-state index in [4.69, 9.17) is 21.1 Å². The zero-order chi connectivity index (χ0) is 24.6. The molecule has 180 valence electrons. The maximum absolute atomic E-state index is 12.6. The molecule has 1 unspecified atom stereocenters. The summed E-state index contributed by atoms with van der Waals surface area (Å²) in [5.41, 5.74) is 4.17. The van der Waals surface area contributed by atoms with Gasteiger partial charge in [0.25, 0.3) is 0 Å². The minimum atomic E-state index is -0.782. The maximum Gasteiger partial charge on any atom is 0.336 e. The summed E-state index contributed by atoms with van der Waals surface area (Å²) in [5.74, 6) is 0.369. The zero-order valence-electron chi connectivity index (χ0n) is 19.6. The average molecular weight is 491 g/mol. The molecule has 0 aliphatic carbocycles. The molecule has 0 aliphatic heterocycles. The molecule has 1 heterocycles. The van der Waals surface area contributed by atoms with Gasteiger partial charge >= 0.3 is 6.01 Å². The summed E-state index contributed by atoms with van der Waals surface area (Å²) in [4.78, 5) is 17.2. The van der Waals surface area contributed by atoms with Gasteiger partial charge in [-0.3, -0.25) is 4.79 Å². The van der Waals surface area contributed by atoms with Gasteiger partial charge in [-0.05, 0) is 49.2 Å². The predicted molar refractivity (Wildman–Crippen MR) is 137 cm³/mol. The van der Waals surface area contributed by atoms with Gasteiger partial charge in [-0.1, -0.05) is 54.6 Å². The van der Waals surface area contributed by atoms with Crippen molar-refractivity contribution in [3.8, 4) is 23.1 Å². The van der Waals surface area contributed by atoms with Crippen molar-refractivity contribution in [3.05, 3.63) is 90.0 Å². The van der Waals surface area contributed by atoms with E-state index in [1.807, 2.05) is 80.6 Å². The Balaban J connectivity index is 1.56. The smallest absolute Gasteiger partial charge is 0.336 e. The molecule has 0 saturated heterocycles. The van der Waals surface area contributed by atoms with Gasteiger partial charge in [0, 0.05) is 17.9 Å². The summed E-state index contributed by atoms with van der Waals surface area (Å²) in [6.45, 7) is 5.40. The van der Waals surface area contributed by atoms with Crippen molar-refractivity contribution in [2.75, 3.05) is 25.1 Å². The highest BCUT2D eigenvalue weighted by Crippen LogP contribution is 2.27. The predicted octanol–water partition coefficient (Wildman–Crippen LogP) is 5.58. The fraction of sp³-hybridized carbons (Fsp3) is 0.222. The molecule has 7 nitrogen and oxygen atoms in total. The first kappa shape index (κ1) is 24.4. The number of benzene rings is 3. The number of ether oxygens (including phenoxy) is 2. The fourth-order valence-electron chi connectivity index (χ4n) is 3.53. The lowest BCUT2D eigenvalue weighted by Crippen LogP contribution is -2.17. The summed E-state index contributed by atoms with van der Waals surface area (Å²) >= 11 is 6.34. The van der Waals surface area contributed by atoms with Gasteiger partial charge in [0.15, 0.2) is 5.82 Å². The van der Waals surface area contributed by atoms with Crippen molar-refractivity contribution in [1.82, 2.24) is 14.8 Å². The molecule has 4 aromatic rings. The van der Waals surface area contributed by atoms with Crippen LogP contribution >= 0.6 is 11.6 Å². The lowest BCUT2D eigenvalue weighted by molar-refractivity contribution is -0.116. The molecule has 1 N–H and O–H groups in total. The van der Waals surface area contributed by atoms with Crippen LogP contribution in [0.4, 0.5) is 5.69 Å². The molecule has 35 heavy (non-hydrogen) atoms. The van der Waals surface area contributed by atoms with Gasteiger partial charge in [-0.2, -0.15) is 4.98 Å². The standard InChI is InChI=1S/C27H27ClN4O3/c1-3-34-17-18-35-27-30-25(23-12-8-7-9-19(23)2)32(31-27)22-15-13-21(14-16-22)29-26(33)24(28)20-10-5-4-6-11-20/h4-16,24H,3,17-18H2,1-2H3,(H,29,33). The third-order valence-electron chi connectivity index (χ3n) is 5.34. The van der Waals surface area contributed by atoms with E-state index in [1.54, 1.807) is 16.8 Å². The molecule has 0 fully saturated rings. The molecule has 3 aromatic carbocycles. The third kappa shape index (κ3) is 6.07. The summed E-state index contributed by atoms with van der Waals surface area (Å²) in [6.07, 6.45) is 0. The van der Waals surface area contributed by atoms with Crippen LogP contribution in [0.15, 0.2) is 78.9 Å². The Hall–Kier alpha value is -3.68. The number of rotatable bonds is 10. The Morgan fingerprint density at radius 3 is 2.43 bits per heavy atom. The number of amides is 1. The van der Waals surface area contributed by atoms with Crippen LogP contribution in [-0.4, -0.2) is 40.5 Å². The Bertz CT molecular complexity index is 1260. The Labute approximate surface area is 209 Å². The van der Waals surface area contributed by atoms with E-state index in [0.29, 0.717) is 31.3 Å². The topological polar surface area (TPSA) is 78.3 Å². The highest BCUT2D eigenvalue weighted by molar-refractivity contribution is 6.32. The van der Waals surface area contributed by atoms with Crippen LogP contribution < -0.4 is 10.1 Å². The number of nitrogens with one attached hydrogen (secondary N) is 1. The Morgan fingerprint density at radius 1 is 1.00 bits per heavy atom. The van der Waals surface area contributed by atoms with Crippen LogP contribution in [0.3, 0.4) is 0 Å². The first-order valence-corrected chi connectivity index (χ1v) is 11.8. The number of aryl methyl sites for hydroxylation is 1. The summed E-state index contributed by atoms with van der Waals surface area (Å²) in [5, 5.41) is 6.66. The first-order valence-electron chi connectivity index (χ1n) is 11.4. The van der Waals surface area contributed by atoms with E-state index in [-0.39, 0.29) is 11.9 Å². The molecule has 1 aromatic heterocycles. The van der Waals surface area contributed by atoms with E-state index in [9.17, 15) is 4.79 Å². The quantitative estimate of drug-likeness (QED) is 0.232. The zero-order valence-corrected chi connectivity index (χ0v) is 20.4. The minimum Gasteiger partial charge on any atom is -0.460 e. The van der Waals surface area contributed by atoms with Gasteiger partial charge in [0.2, 0.25) is 5.91 Å². The van der Waals surface area contributed by atoms with Crippen LogP contribution in [0.25, 0.3) is 17.1 Å². The number of aromatic nitrogens is 3. The molecule has 4 rings (SSSR count). The molecule has 0 spiro atoms. The molecule has 0 saturated carbocycles. The molecule has 1 atom stereocenters. The van der Waals surface area contributed by atoms with E-state index in [0.717, 1.165) is 22.4 Å². The van der Waals surface area contributed by atoms with Crippen molar-refractivity contribution >= 4 is 23.2 Å². The molecule has 1 amide bonds. The van der Waals surface area contributed by atoms with Crippen LogP contribution in [0, 0.1) is 6.92 Å². The van der Waals surface area contributed by atoms with Gasteiger partial charge in [-0.15, -0.1) is 16.7 Å². The van der Waals surface area contributed by atoms with Crippen LogP contribution in [-0.2, 0) is 9.53 Å². The molecule has 0 bridgehead atoms. The van der Waals surface area contributed by atoms with Crippen LogP contribution in [0.5, 0.6) is 6.01 Å². The highest BCUT2D eigenvalue weighted by atomic mass is 35.5. The number of hydrogen-bond donors (Lipinski definition) is 1. The summed E-state index contributed by atoms with van der Waals surface area (Å²) in [6, 6.07) is 24.8. The fourth-order valence-corrected chi connectivity index (χ4v) is 3.73. The number of alkyl halides is 1. The minimum absolute atomic E-state index is 0.271. The molecular weight excluding hydrogens is 464 g/mol. The number of halogens is 1. The van der Waals surface area contributed by atoms with Gasteiger partial charge in [0.05, 0.1) is 12.3 Å². The van der Waals surface area contributed by atoms with Crippen LogP contribution in [0.2, 0.25) is 0 Å². The van der Waals surface area contributed by atoms with Crippen molar-refractivity contribution in [2.24, 2.45) is 0 Å². The molecule has 0 aliphatic rings. The first-order chi connectivity index (χ1) is 17.1. The summed E-state index contributed by atoms with van der Waals surface area (Å²) in [7, 11) is 0. The monoisotopic (exact) mass is 490 g/mol.